The number of sulfonamides is 1. The number of rotatable bonds is 5. The second-order valence-electron chi connectivity index (χ2n) is 6.80. The van der Waals surface area contributed by atoms with Crippen LogP contribution in [0.1, 0.15) is 5.56 Å². The minimum absolute atomic E-state index is 0.117. The molecule has 0 radical (unpaired) electrons. The van der Waals surface area contributed by atoms with E-state index in [1.165, 1.54) is 11.3 Å². The van der Waals surface area contributed by atoms with Gasteiger partial charge in [0.25, 0.3) is 0 Å². The van der Waals surface area contributed by atoms with Gasteiger partial charge in [0.1, 0.15) is 12.4 Å². The fraction of sp³-hybridized carbons (Fsp3) is 0.200. The summed E-state index contributed by atoms with van der Waals surface area (Å²) in [6.07, 6.45) is 1.74. The zero-order valence-corrected chi connectivity index (χ0v) is 17.2. The van der Waals surface area contributed by atoms with E-state index in [0.29, 0.717) is 29.5 Å². The Bertz CT molecular complexity index is 1140. The molecule has 29 heavy (non-hydrogen) atoms. The van der Waals surface area contributed by atoms with Gasteiger partial charge in [0.2, 0.25) is 15.9 Å². The smallest absolute Gasteiger partial charge is 0.233 e. The maximum Gasteiger partial charge on any atom is 0.233 e. The number of carbonyl (C=O) groups excluding carboxylic acids is 1. The Morgan fingerprint density at radius 1 is 1.17 bits per heavy atom. The molecular formula is C20H19N3O4S2. The minimum Gasteiger partial charge on any atom is -0.492 e. The number of carbonyl (C=O) groups is 1. The highest BCUT2D eigenvalue weighted by Gasteiger charge is 2.26. The lowest BCUT2D eigenvalue weighted by Crippen LogP contribution is -2.32. The summed E-state index contributed by atoms with van der Waals surface area (Å²) >= 11 is 1.34. The van der Waals surface area contributed by atoms with Crippen LogP contribution in [-0.4, -0.2) is 32.2 Å². The number of amides is 1. The standard InChI is InChI=1S/C20H19N3O4S2/c1-29(25,26)23-16-8-6-13(7-9-16)17-12-28-20(21-17)22-19(24)15-10-14-4-2-3-5-18(14)27-11-15/h2-9,12,15,23H,10-11H2,1H3,(H,21,22,24). The molecule has 2 aromatic carbocycles. The lowest BCUT2D eigenvalue weighted by molar-refractivity contribution is -0.121. The molecule has 3 aromatic rings. The number of ether oxygens (including phenoxy) is 1. The number of nitrogens with zero attached hydrogens (tertiary/aromatic N) is 1. The fourth-order valence-corrected chi connectivity index (χ4v) is 4.38. The van der Waals surface area contributed by atoms with Crippen LogP contribution in [0.2, 0.25) is 0 Å². The number of hydrogen-bond donors (Lipinski definition) is 2. The Kier molecular flexibility index (Phi) is 5.25. The van der Waals surface area contributed by atoms with Gasteiger partial charge in [-0.1, -0.05) is 30.3 Å². The molecule has 0 bridgehead atoms. The zero-order chi connectivity index (χ0) is 20.4. The zero-order valence-electron chi connectivity index (χ0n) is 15.6. The van der Waals surface area contributed by atoms with Crippen molar-refractivity contribution in [1.29, 1.82) is 0 Å². The van der Waals surface area contributed by atoms with E-state index in [-0.39, 0.29) is 11.8 Å². The van der Waals surface area contributed by atoms with Crippen LogP contribution in [-0.2, 0) is 21.2 Å². The summed E-state index contributed by atoms with van der Waals surface area (Å²) in [7, 11) is -3.31. The van der Waals surface area contributed by atoms with Gasteiger partial charge in [0, 0.05) is 16.6 Å². The highest BCUT2D eigenvalue weighted by atomic mass is 32.2. The largest absolute Gasteiger partial charge is 0.492 e. The minimum atomic E-state index is -3.31. The average Bonchev–Trinajstić information content (AvgIpc) is 3.15. The van der Waals surface area contributed by atoms with Gasteiger partial charge in [-0.05, 0) is 30.2 Å². The van der Waals surface area contributed by atoms with E-state index in [4.69, 9.17) is 4.74 Å². The number of para-hydroxylation sites is 1. The summed E-state index contributed by atoms with van der Waals surface area (Å²) in [6, 6.07) is 14.6. The molecule has 4 rings (SSSR count). The molecule has 1 unspecified atom stereocenters. The molecule has 150 valence electrons. The van der Waals surface area contributed by atoms with Gasteiger partial charge in [-0.15, -0.1) is 11.3 Å². The van der Waals surface area contributed by atoms with Crippen molar-refractivity contribution in [2.45, 2.75) is 6.42 Å². The third-order valence-corrected chi connectivity index (χ3v) is 5.83. The number of anilines is 2. The van der Waals surface area contributed by atoms with Crippen molar-refractivity contribution in [2.75, 3.05) is 22.9 Å². The van der Waals surface area contributed by atoms with Gasteiger partial charge in [-0.25, -0.2) is 13.4 Å². The first kappa shape index (κ1) is 19.4. The summed E-state index contributed by atoms with van der Waals surface area (Å²) in [4.78, 5) is 17.1. The van der Waals surface area contributed by atoms with E-state index >= 15 is 0 Å². The third-order valence-electron chi connectivity index (χ3n) is 4.47. The van der Waals surface area contributed by atoms with E-state index in [1.54, 1.807) is 24.3 Å². The first-order chi connectivity index (χ1) is 13.9. The van der Waals surface area contributed by atoms with Crippen LogP contribution in [0.4, 0.5) is 10.8 Å². The van der Waals surface area contributed by atoms with Crippen LogP contribution in [0.15, 0.2) is 53.9 Å². The highest BCUT2D eigenvalue weighted by Crippen LogP contribution is 2.29. The predicted molar refractivity (Wildman–Crippen MR) is 114 cm³/mol. The number of benzene rings is 2. The number of hydrogen-bond acceptors (Lipinski definition) is 6. The SMILES string of the molecule is CS(=O)(=O)Nc1ccc(-c2csc(NC(=O)C3COc4ccccc4C3)n2)cc1. The van der Waals surface area contributed by atoms with Crippen molar-refractivity contribution in [3.63, 3.8) is 0 Å². The second-order valence-corrected chi connectivity index (χ2v) is 9.41. The maximum atomic E-state index is 12.6. The lowest BCUT2D eigenvalue weighted by Gasteiger charge is -2.24. The molecule has 0 spiro atoms. The van der Waals surface area contributed by atoms with Gasteiger partial charge >= 0.3 is 0 Å². The van der Waals surface area contributed by atoms with Crippen LogP contribution >= 0.6 is 11.3 Å². The van der Waals surface area contributed by atoms with Crippen LogP contribution in [0.3, 0.4) is 0 Å². The first-order valence-corrected chi connectivity index (χ1v) is 11.7. The summed E-state index contributed by atoms with van der Waals surface area (Å²) in [5.41, 5.74) is 3.05. The normalized spacial score (nSPS) is 15.8. The highest BCUT2D eigenvalue weighted by molar-refractivity contribution is 7.92. The van der Waals surface area contributed by atoms with Crippen molar-refractivity contribution in [1.82, 2.24) is 4.98 Å². The van der Waals surface area contributed by atoms with Crippen LogP contribution in [0, 0.1) is 5.92 Å². The van der Waals surface area contributed by atoms with Gasteiger partial charge in [0.15, 0.2) is 5.13 Å². The van der Waals surface area contributed by atoms with Crippen molar-refractivity contribution in [3.8, 4) is 17.0 Å². The molecule has 2 heterocycles. The Morgan fingerprint density at radius 3 is 2.69 bits per heavy atom. The Balaban J connectivity index is 1.41. The maximum absolute atomic E-state index is 12.6. The molecule has 1 atom stereocenters. The molecule has 0 fully saturated rings. The molecule has 2 N–H and O–H groups in total. The Hall–Kier alpha value is -2.91. The van der Waals surface area contributed by atoms with Gasteiger partial charge < -0.3 is 10.1 Å². The molecule has 1 aliphatic heterocycles. The van der Waals surface area contributed by atoms with E-state index < -0.39 is 10.0 Å². The molecule has 7 nitrogen and oxygen atoms in total. The third kappa shape index (κ3) is 4.75. The Morgan fingerprint density at radius 2 is 1.93 bits per heavy atom. The molecule has 0 saturated carbocycles. The Labute approximate surface area is 172 Å². The summed E-state index contributed by atoms with van der Waals surface area (Å²) in [5.74, 6) is 0.452. The summed E-state index contributed by atoms with van der Waals surface area (Å²) in [6.45, 7) is 0.343. The summed E-state index contributed by atoms with van der Waals surface area (Å²) < 4.78 is 30.7. The monoisotopic (exact) mass is 429 g/mol. The first-order valence-electron chi connectivity index (χ1n) is 8.93. The number of thiazole rings is 1. The van der Waals surface area contributed by atoms with E-state index in [1.807, 2.05) is 29.6 Å². The number of fused-ring (bicyclic) bond motifs is 1. The van der Waals surface area contributed by atoms with E-state index in [0.717, 1.165) is 23.1 Å². The van der Waals surface area contributed by atoms with E-state index in [2.05, 4.69) is 15.0 Å². The molecule has 1 aromatic heterocycles. The lowest BCUT2D eigenvalue weighted by atomic mass is 9.96. The van der Waals surface area contributed by atoms with Crippen LogP contribution in [0.25, 0.3) is 11.3 Å². The molecule has 0 saturated heterocycles. The average molecular weight is 430 g/mol. The van der Waals surface area contributed by atoms with Gasteiger partial charge in [-0.2, -0.15) is 0 Å². The van der Waals surface area contributed by atoms with Gasteiger partial charge in [-0.3, -0.25) is 9.52 Å². The van der Waals surface area contributed by atoms with Crippen molar-refractivity contribution >= 4 is 38.1 Å². The quantitative estimate of drug-likeness (QED) is 0.648. The van der Waals surface area contributed by atoms with E-state index in [9.17, 15) is 13.2 Å². The summed E-state index contributed by atoms with van der Waals surface area (Å²) in [5, 5.41) is 5.24. The van der Waals surface area contributed by atoms with Crippen molar-refractivity contribution < 1.29 is 17.9 Å². The molecule has 0 aliphatic carbocycles. The topological polar surface area (TPSA) is 97.4 Å². The molecule has 1 amide bonds. The fourth-order valence-electron chi connectivity index (χ4n) is 3.09. The van der Waals surface area contributed by atoms with Gasteiger partial charge in [0.05, 0.1) is 17.9 Å². The van der Waals surface area contributed by atoms with Crippen LogP contribution < -0.4 is 14.8 Å². The molecule has 9 heteroatoms. The second kappa shape index (κ2) is 7.84. The molecular weight excluding hydrogens is 410 g/mol. The van der Waals surface area contributed by atoms with Crippen molar-refractivity contribution in [3.05, 3.63) is 59.5 Å². The van der Waals surface area contributed by atoms with Crippen molar-refractivity contribution in [2.24, 2.45) is 5.92 Å². The van der Waals surface area contributed by atoms with Crippen LogP contribution in [0.5, 0.6) is 5.75 Å². The molecule has 1 aliphatic rings. The number of nitrogens with one attached hydrogen (secondary N) is 2. The number of aromatic nitrogens is 1. The predicted octanol–water partition coefficient (Wildman–Crippen LogP) is 3.37.